The van der Waals surface area contributed by atoms with Gasteiger partial charge in [-0.1, -0.05) is 13.3 Å². The van der Waals surface area contributed by atoms with Gasteiger partial charge in [0.05, 0.1) is 0 Å². The Hall–Kier alpha value is -0.0800. The zero-order chi connectivity index (χ0) is 11.1. The van der Waals surface area contributed by atoms with Crippen molar-refractivity contribution in [2.45, 2.75) is 51.5 Å². The van der Waals surface area contributed by atoms with Crippen molar-refractivity contribution < 1.29 is 4.74 Å². The average molecular weight is 213 g/mol. The second kappa shape index (κ2) is 7.24. The monoisotopic (exact) mass is 213 g/mol. The first-order valence-corrected chi connectivity index (χ1v) is 6.44. The molecule has 1 aliphatic carbocycles. The van der Waals surface area contributed by atoms with Crippen molar-refractivity contribution in [1.82, 2.24) is 5.32 Å². The molecule has 0 aromatic rings. The quantitative estimate of drug-likeness (QED) is 0.685. The lowest BCUT2D eigenvalue weighted by Crippen LogP contribution is -2.38. The molecule has 1 N–H and O–H groups in total. The Balaban J connectivity index is 2.22. The summed E-state index contributed by atoms with van der Waals surface area (Å²) < 4.78 is 5.09. The molecule has 1 rings (SSSR count). The molecule has 3 atom stereocenters. The van der Waals surface area contributed by atoms with Crippen LogP contribution in [0, 0.1) is 11.8 Å². The molecule has 1 aliphatic rings. The Morgan fingerprint density at radius 2 is 2.07 bits per heavy atom. The molecule has 0 saturated heterocycles. The summed E-state index contributed by atoms with van der Waals surface area (Å²) in [5.74, 6) is 1.83. The molecule has 2 nitrogen and oxygen atoms in total. The molecule has 3 unspecified atom stereocenters. The fourth-order valence-corrected chi connectivity index (χ4v) is 2.85. The molecule has 90 valence electrons. The van der Waals surface area contributed by atoms with Gasteiger partial charge in [0.25, 0.3) is 0 Å². The van der Waals surface area contributed by atoms with E-state index in [0.717, 1.165) is 24.5 Å². The molecule has 0 heterocycles. The van der Waals surface area contributed by atoms with E-state index in [4.69, 9.17) is 4.74 Å². The summed E-state index contributed by atoms with van der Waals surface area (Å²) in [5, 5.41) is 3.48. The topological polar surface area (TPSA) is 21.3 Å². The molecule has 0 aromatic heterocycles. The Kier molecular flexibility index (Phi) is 6.26. The minimum absolute atomic E-state index is 0.767. The Labute approximate surface area is 94.8 Å². The highest BCUT2D eigenvalue weighted by atomic mass is 16.5. The van der Waals surface area contributed by atoms with E-state index in [0.29, 0.717) is 0 Å². The van der Waals surface area contributed by atoms with E-state index in [2.05, 4.69) is 19.3 Å². The van der Waals surface area contributed by atoms with E-state index in [1.54, 1.807) is 7.11 Å². The van der Waals surface area contributed by atoms with Gasteiger partial charge in [-0.25, -0.2) is 0 Å². The lowest BCUT2D eigenvalue weighted by molar-refractivity contribution is 0.176. The number of hydrogen-bond donors (Lipinski definition) is 1. The fourth-order valence-electron chi connectivity index (χ4n) is 2.85. The van der Waals surface area contributed by atoms with Crippen molar-refractivity contribution in [2.24, 2.45) is 11.8 Å². The third-order valence-electron chi connectivity index (χ3n) is 3.79. The lowest BCUT2D eigenvalue weighted by atomic mass is 9.76. The van der Waals surface area contributed by atoms with Gasteiger partial charge in [-0.05, 0) is 51.0 Å². The summed E-state index contributed by atoms with van der Waals surface area (Å²) in [7, 11) is 3.90. The van der Waals surface area contributed by atoms with Crippen molar-refractivity contribution in [1.29, 1.82) is 0 Å². The second-order valence-electron chi connectivity index (χ2n) is 5.06. The standard InChI is InChI=1S/C13H27NO/c1-11-7-8-13(14-2)12(10-11)6-4-5-9-15-3/h11-14H,4-10H2,1-3H3. The fraction of sp³-hybridized carbons (Fsp3) is 1.00. The maximum absolute atomic E-state index is 5.09. The van der Waals surface area contributed by atoms with Gasteiger partial charge in [0.1, 0.15) is 0 Å². The Morgan fingerprint density at radius 1 is 1.27 bits per heavy atom. The average Bonchev–Trinajstić information content (AvgIpc) is 2.25. The molecular formula is C13H27NO. The van der Waals surface area contributed by atoms with Crippen LogP contribution in [0.15, 0.2) is 0 Å². The number of rotatable bonds is 6. The summed E-state index contributed by atoms with van der Waals surface area (Å²) in [4.78, 5) is 0. The van der Waals surface area contributed by atoms with E-state index in [1.807, 2.05) is 0 Å². The molecule has 0 radical (unpaired) electrons. The number of ether oxygens (including phenoxy) is 1. The maximum atomic E-state index is 5.09. The minimum Gasteiger partial charge on any atom is -0.385 e. The van der Waals surface area contributed by atoms with Crippen LogP contribution in [0.1, 0.15) is 45.4 Å². The van der Waals surface area contributed by atoms with Gasteiger partial charge < -0.3 is 10.1 Å². The molecule has 0 aromatic carbocycles. The second-order valence-corrected chi connectivity index (χ2v) is 5.06. The molecule has 2 heteroatoms. The van der Waals surface area contributed by atoms with Crippen LogP contribution in [0.4, 0.5) is 0 Å². The molecular weight excluding hydrogens is 186 g/mol. The van der Waals surface area contributed by atoms with Crippen LogP contribution < -0.4 is 5.32 Å². The Bertz CT molecular complexity index is 161. The molecule has 1 saturated carbocycles. The first-order chi connectivity index (χ1) is 7.27. The van der Waals surface area contributed by atoms with Crippen LogP contribution in [0.2, 0.25) is 0 Å². The van der Waals surface area contributed by atoms with E-state index in [-0.39, 0.29) is 0 Å². The summed E-state index contributed by atoms with van der Waals surface area (Å²) >= 11 is 0. The summed E-state index contributed by atoms with van der Waals surface area (Å²) in [6.07, 6.45) is 8.10. The third kappa shape index (κ3) is 4.52. The minimum atomic E-state index is 0.767. The lowest BCUT2D eigenvalue weighted by Gasteiger charge is -2.34. The largest absolute Gasteiger partial charge is 0.385 e. The highest BCUT2D eigenvalue weighted by Crippen LogP contribution is 2.32. The molecule has 1 fully saturated rings. The molecule has 0 amide bonds. The third-order valence-corrected chi connectivity index (χ3v) is 3.79. The van der Waals surface area contributed by atoms with Gasteiger partial charge in [-0.2, -0.15) is 0 Å². The summed E-state index contributed by atoms with van der Waals surface area (Å²) in [6.45, 7) is 3.32. The zero-order valence-electron chi connectivity index (χ0n) is 10.6. The number of nitrogens with one attached hydrogen (secondary N) is 1. The van der Waals surface area contributed by atoms with Crippen molar-refractivity contribution >= 4 is 0 Å². The van der Waals surface area contributed by atoms with Crippen LogP contribution >= 0.6 is 0 Å². The van der Waals surface area contributed by atoms with Gasteiger partial charge in [0, 0.05) is 19.8 Å². The predicted molar refractivity (Wildman–Crippen MR) is 65.1 cm³/mol. The highest BCUT2D eigenvalue weighted by Gasteiger charge is 2.26. The van der Waals surface area contributed by atoms with E-state index < -0.39 is 0 Å². The van der Waals surface area contributed by atoms with Gasteiger partial charge in [-0.3, -0.25) is 0 Å². The molecule has 0 aliphatic heterocycles. The smallest absolute Gasteiger partial charge is 0.0462 e. The van der Waals surface area contributed by atoms with Crippen LogP contribution in [-0.4, -0.2) is 26.8 Å². The number of methoxy groups -OCH3 is 1. The van der Waals surface area contributed by atoms with Crippen molar-refractivity contribution in [3.05, 3.63) is 0 Å². The first kappa shape index (κ1) is 13.0. The van der Waals surface area contributed by atoms with Crippen LogP contribution in [0.3, 0.4) is 0 Å². The molecule has 15 heavy (non-hydrogen) atoms. The zero-order valence-corrected chi connectivity index (χ0v) is 10.6. The summed E-state index contributed by atoms with van der Waals surface area (Å²) in [5.41, 5.74) is 0. The van der Waals surface area contributed by atoms with Gasteiger partial charge in [0.15, 0.2) is 0 Å². The van der Waals surface area contributed by atoms with Gasteiger partial charge >= 0.3 is 0 Å². The van der Waals surface area contributed by atoms with Crippen molar-refractivity contribution in [3.63, 3.8) is 0 Å². The SMILES string of the molecule is CNC1CCC(C)CC1CCCCOC. The van der Waals surface area contributed by atoms with E-state index in [1.165, 1.54) is 38.5 Å². The van der Waals surface area contributed by atoms with Gasteiger partial charge in [0.2, 0.25) is 0 Å². The van der Waals surface area contributed by atoms with Crippen molar-refractivity contribution in [3.8, 4) is 0 Å². The van der Waals surface area contributed by atoms with Crippen LogP contribution in [0.25, 0.3) is 0 Å². The maximum Gasteiger partial charge on any atom is 0.0462 e. The van der Waals surface area contributed by atoms with E-state index in [9.17, 15) is 0 Å². The number of unbranched alkanes of at least 4 members (excludes halogenated alkanes) is 1. The highest BCUT2D eigenvalue weighted by molar-refractivity contribution is 4.82. The van der Waals surface area contributed by atoms with Crippen LogP contribution in [0.5, 0.6) is 0 Å². The van der Waals surface area contributed by atoms with Crippen LogP contribution in [-0.2, 0) is 4.74 Å². The molecule has 0 spiro atoms. The van der Waals surface area contributed by atoms with E-state index >= 15 is 0 Å². The predicted octanol–water partition coefficient (Wildman–Crippen LogP) is 2.83. The first-order valence-electron chi connectivity index (χ1n) is 6.44. The van der Waals surface area contributed by atoms with Gasteiger partial charge in [-0.15, -0.1) is 0 Å². The normalized spacial score (nSPS) is 31.8. The molecule has 0 bridgehead atoms. The Morgan fingerprint density at radius 3 is 2.73 bits per heavy atom. The number of hydrogen-bond acceptors (Lipinski definition) is 2. The summed E-state index contributed by atoms with van der Waals surface area (Å²) in [6, 6.07) is 0.767. The van der Waals surface area contributed by atoms with Crippen molar-refractivity contribution in [2.75, 3.05) is 20.8 Å².